The molecule has 9 nitrogen and oxygen atoms in total. The maximum Gasteiger partial charge on any atom is 0.416 e. The smallest absolute Gasteiger partial charge is 0.381 e. The topological polar surface area (TPSA) is 82.9 Å². The van der Waals surface area contributed by atoms with Gasteiger partial charge < -0.3 is 19.9 Å². The Labute approximate surface area is 219 Å². The number of carbonyl (C=O) groups is 2. The van der Waals surface area contributed by atoms with E-state index in [-0.39, 0.29) is 17.4 Å². The van der Waals surface area contributed by atoms with Crippen LogP contribution < -0.4 is 10.2 Å². The minimum absolute atomic E-state index is 0.113. The lowest BCUT2D eigenvalue weighted by atomic mass is 9.80. The van der Waals surface area contributed by atoms with Gasteiger partial charge in [0.1, 0.15) is 0 Å². The zero-order chi connectivity index (χ0) is 26.9. The molecular formula is C26H33F3N6O3. The molecular weight excluding hydrogens is 501 g/mol. The second-order valence-electron chi connectivity index (χ2n) is 10.5. The van der Waals surface area contributed by atoms with Gasteiger partial charge in [-0.25, -0.2) is 4.79 Å². The summed E-state index contributed by atoms with van der Waals surface area (Å²) in [4.78, 5) is 30.0. The van der Waals surface area contributed by atoms with Crippen molar-refractivity contribution in [2.75, 3.05) is 62.7 Å². The van der Waals surface area contributed by atoms with E-state index in [1.165, 1.54) is 29.9 Å². The zero-order valence-corrected chi connectivity index (χ0v) is 21.5. The van der Waals surface area contributed by atoms with Crippen molar-refractivity contribution in [1.29, 1.82) is 0 Å². The van der Waals surface area contributed by atoms with Crippen molar-refractivity contribution in [2.45, 2.75) is 38.9 Å². The lowest BCUT2D eigenvalue weighted by molar-refractivity contribution is -0.137. The van der Waals surface area contributed by atoms with Crippen LogP contribution in [0.4, 0.5) is 29.5 Å². The van der Waals surface area contributed by atoms with E-state index in [1.807, 2.05) is 0 Å². The Kier molecular flexibility index (Phi) is 7.36. The molecule has 0 bridgehead atoms. The summed E-state index contributed by atoms with van der Waals surface area (Å²) in [7, 11) is 0. The second kappa shape index (κ2) is 10.6. The number of rotatable bonds is 4. The predicted molar refractivity (Wildman–Crippen MR) is 135 cm³/mol. The lowest BCUT2D eigenvalue weighted by Crippen LogP contribution is -2.49. The summed E-state index contributed by atoms with van der Waals surface area (Å²) in [6.45, 7) is 6.90. The Bertz CT molecular complexity index is 1170. The van der Waals surface area contributed by atoms with Crippen LogP contribution in [0.3, 0.4) is 0 Å². The number of ether oxygens (including phenoxy) is 1. The first kappa shape index (κ1) is 26.5. The summed E-state index contributed by atoms with van der Waals surface area (Å²) in [5.74, 6) is 0.0413. The average molecular weight is 535 g/mol. The van der Waals surface area contributed by atoms with E-state index < -0.39 is 11.7 Å². The number of carbonyl (C=O) groups excluding carboxylic acids is 2. The zero-order valence-electron chi connectivity index (χ0n) is 21.5. The third-order valence-corrected chi connectivity index (χ3v) is 7.87. The number of nitrogens with one attached hydrogen (secondary N) is 1. The van der Waals surface area contributed by atoms with Crippen molar-refractivity contribution in [3.63, 3.8) is 0 Å². The summed E-state index contributed by atoms with van der Waals surface area (Å²) in [5.41, 5.74) is 1.01. The molecule has 12 heteroatoms. The molecule has 206 valence electrons. The molecule has 3 aliphatic heterocycles. The van der Waals surface area contributed by atoms with Crippen molar-refractivity contribution in [1.82, 2.24) is 19.6 Å². The molecule has 3 fully saturated rings. The van der Waals surface area contributed by atoms with Crippen molar-refractivity contribution < 1.29 is 27.5 Å². The first-order valence-electron chi connectivity index (χ1n) is 13.0. The van der Waals surface area contributed by atoms with E-state index in [0.29, 0.717) is 57.4 Å². The van der Waals surface area contributed by atoms with E-state index >= 15 is 0 Å². The molecule has 3 aliphatic rings. The number of amides is 2. The minimum Gasteiger partial charge on any atom is -0.381 e. The first-order chi connectivity index (χ1) is 18.1. The Morgan fingerprint density at radius 1 is 1.05 bits per heavy atom. The number of aromatic nitrogens is 2. The molecule has 1 aromatic heterocycles. The second-order valence-corrected chi connectivity index (χ2v) is 10.5. The maximum atomic E-state index is 13.6. The van der Waals surface area contributed by atoms with Gasteiger partial charge in [-0.05, 0) is 42.4 Å². The number of piperazine rings is 1. The van der Waals surface area contributed by atoms with E-state index in [0.717, 1.165) is 37.9 Å². The molecule has 0 aliphatic carbocycles. The summed E-state index contributed by atoms with van der Waals surface area (Å²) in [6, 6.07) is 5.36. The van der Waals surface area contributed by atoms with Gasteiger partial charge in [0.05, 0.1) is 5.56 Å². The Morgan fingerprint density at radius 3 is 2.47 bits per heavy atom. The molecule has 0 saturated carbocycles. The number of benzene rings is 1. The van der Waals surface area contributed by atoms with Crippen LogP contribution in [-0.4, -0.2) is 84.0 Å². The highest BCUT2D eigenvalue weighted by atomic mass is 19.4. The van der Waals surface area contributed by atoms with Gasteiger partial charge in [0.2, 0.25) is 5.91 Å². The summed E-state index contributed by atoms with van der Waals surface area (Å²) >= 11 is 0. The van der Waals surface area contributed by atoms with Gasteiger partial charge in [0, 0.05) is 83.9 Å². The number of hydrogen-bond acceptors (Lipinski definition) is 6. The summed E-state index contributed by atoms with van der Waals surface area (Å²) in [5, 5.41) is 6.65. The number of halogens is 3. The molecule has 0 atom stereocenters. The standard InChI is InChI=1S/C26H33F3N6O3/c1-19(36)30-23-4-8-35(31-23)24(37)33-12-10-32(11-13-33)17-20-2-3-21(26(27,28)29)16-22(20)34-9-5-25(18-34)6-14-38-15-7-25/h2-4,8,16H,5-7,9-15,17-18H2,1H3,(H,30,31,36). The van der Waals surface area contributed by atoms with Crippen LogP contribution in [-0.2, 0) is 22.3 Å². The molecule has 2 amide bonds. The molecule has 0 unspecified atom stereocenters. The highest BCUT2D eigenvalue weighted by molar-refractivity contribution is 5.88. The van der Waals surface area contributed by atoms with Crippen LogP contribution in [0, 0.1) is 5.41 Å². The quantitative estimate of drug-likeness (QED) is 0.645. The lowest BCUT2D eigenvalue weighted by Gasteiger charge is -2.36. The van der Waals surface area contributed by atoms with Crippen molar-refractivity contribution in [3.05, 3.63) is 41.6 Å². The third-order valence-electron chi connectivity index (χ3n) is 7.87. The Morgan fingerprint density at radius 2 is 1.79 bits per heavy atom. The summed E-state index contributed by atoms with van der Waals surface area (Å²) < 4.78 is 47.5. The predicted octanol–water partition coefficient (Wildman–Crippen LogP) is 3.65. The Hall–Kier alpha value is -3.12. The van der Waals surface area contributed by atoms with Crippen LogP contribution in [0.15, 0.2) is 30.5 Å². The van der Waals surface area contributed by atoms with Crippen LogP contribution in [0.1, 0.15) is 37.3 Å². The fourth-order valence-electron chi connectivity index (χ4n) is 5.68. The fraction of sp³-hybridized carbons (Fsp3) is 0.577. The molecule has 3 saturated heterocycles. The van der Waals surface area contributed by atoms with Gasteiger partial charge in [0.15, 0.2) is 5.82 Å². The van der Waals surface area contributed by atoms with Gasteiger partial charge in [-0.15, -0.1) is 5.10 Å². The van der Waals surface area contributed by atoms with Crippen molar-refractivity contribution in [2.24, 2.45) is 5.41 Å². The largest absolute Gasteiger partial charge is 0.416 e. The number of alkyl halides is 3. The average Bonchev–Trinajstić information content (AvgIpc) is 3.51. The van der Waals surface area contributed by atoms with E-state index in [1.54, 1.807) is 17.0 Å². The monoisotopic (exact) mass is 534 g/mol. The molecule has 38 heavy (non-hydrogen) atoms. The van der Waals surface area contributed by atoms with Crippen molar-refractivity contribution in [3.8, 4) is 0 Å². The van der Waals surface area contributed by atoms with Gasteiger partial charge in [-0.1, -0.05) is 6.07 Å². The highest BCUT2D eigenvalue weighted by Gasteiger charge is 2.41. The van der Waals surface area contributed by atoms with Gasteiger partial charge in [-0.3, -0.25) is 9.69 Å². The normalized spacial score (nSPS) is 20.2. The van der Waals surface area contributed by atoms with Crippen LogP contribution >= 0.6 is 0 Å². The number of hydrogen-bond donors (Lipinski definition) is 1. The minimum atomic E-state index is -4.40. The molecule has 2 aromatic rings. The number of anilines is 2. The molecule has 5 rings (SSSR count). The van der Waals surface area contributed by atoms with Crippen LogP contribution in [0.5, 0.6) is 0 Å². The van der Waals surface area contributed by atoms with Crippen LogP contribution in [0.25, 0.3) is 0 Å². The van der Waals surface area contributed by atoms with E-state index in [2.05, 4.69) is 20.2 Å². The molecule has 1 aromatic carbocycles. The molecule has 1 spiro atoms. The van der Waals surface area contributed by atoms with E-state index in [9.17, 15) is 22.8 Å². The van der Waals surface area contributed by atoms with E-state index in [4.69, 9.17) is 4.74 Å². The third kappa shape index (κ3) is 5.80. The fourth-order valence-corrected chi connectivity index (χ4v) is 5.68. The summed E-state index contributed by atoms with van der Waals surface area (Å²) in [6.07, 6.45) is -0.0476. The highest BCUT2D eigenvalue weighted by Crippen LogP contribution is 2.43. The molecule has 4 heterocycles. The molecule has 1 N–H and O–H groups in total. The SMILES string of the molecule is CC(=O)Nc1ccn(C(=O)N2CCN(Cc3ccc(C(F)(F)F)cc3N3CCC4(CCOCC4)C3)CC2)n1. The first-order valence-corrected chi connectivity index (χ1v) is 13.0. The van der Waals surface area contributed by atoms with Gasteiger partial charge >= 0.3 is 12.2 Å². The Balaban J connectivity index is 1.26. The van der Waals surface area contributed by atoms with Crippen molar-refractivity contribution >= 4 is 23.4 Å². The molecule has 0 radical (unpaired) electrons. The van der Waals surface area contributed by atoms with Gasteiger partial charge in [0.25, 0.3) is 0 Å². The maximum absolute atomic E-state index is 13.6. The number of nitrogens with zero attached hydrogens (tertiary/aromatic N) is 5. The van der Waals surface area contributed by atoms with Crippen LogP contribution in [0.2, 0.25) is 0 Å². The van der Waals surface area contributed by atoms with Gasteiger partial charge in [-0.2, -0.15) is 17.9 Å².